The summed E-state index contributed by atoms with van der Waals surface area (Å²) in [5, 5.41) is 1.84. The van der Waals surface area contributed by atoms with E-state index in [4.69, 9.17) is 4.74 Å². The van der Waals surface area contributed by atoms with Crippen LogP contribution in [0, 0.1) is 5.82 Å². The van der Waals surface area contributed by atoms with Crippen LogP contribution in [0.5, 0.6) is 0 Å². The summed E-state index contributed by atoms with van der Waals surface area (Å²) in [5.41, 5.74) is 1.58. The van der Waals surface area contributed by atoms with Gasteiger partial charge in [0, 0.05) is 11.9 Å². The van der Waals surface area contributed by atoms with Crippen molar-refractivity contribution in [2.45, 2.75) is 6.10 Å². The van der Waals surface area contributed by atoms with Crippen LogP contribution in [0.15, 0.2) is 39.5 Å². The lowest BCUT2D eigenvalue weighted by Gasteiger charge is -2.33. The first-order valence-corrected chi connectivity index (χ1v) is 8.21. The first kappa shape index (κ1) is 14.7. The van der Waals surface area contributed by atoms with Gasteiger partial charge in [-0.1, -0.05) is 12.1 Å². The molecule has 0 bridgehead atoms. The monoisotopic (exact) mass is 369 g/mol. The molecule has 1 aliphatic rings. The number of ether oxygens (including phenoxy) is 1. The van der Waals surface area contributed by atoms with Crippen LogP contribution in [0.1, 0.15) is 22.0 Å². The highest BCUT2D eigenvalue weighted by Gasteiger charge is 2.26. The van der Waals surface area contributed by atoms with Crippen LogP contribution < -0.4 is 0 Å². The lowest BCUT2D eigenvalue weighted by Crippen LogP contribution is -2.42. The van der Waals surface area contributed by atoms with Gasteiger partial charge in [0.05, 0.1) is 22.5 Å². The summed E-state index contributed by atoms with van der Waals surface area (Å²) < 4.78 is 19.6. The molecule has 0 radical (unpaired) electrons. The van der Waals surface area contributed by atoms with Crippen LogP contribution in [0.2, 0.25) is 0 Å². The maximum atomic E-state index is 13.0. The van der Waals surface area contributed by atoms with Crippen molar-refractivity contribution in [2.24, 2.45) is 0 Å². The predicted molar refractivity (Wildman–Crippen MR) is 83.0 cm³/mol. The number of benzene rings is 1. The third-order valence-corrected chi connectivity index (χ3v) is 4.91. The summed E-state index contributed by atoms with van der Waals surface area (Å²) in [6.45, 7) is 1.54. The lowest BCUT2D eigenvalue weighted by atomic mass is 10.1. The van der Waals surface area contributed by atoms with Gasteiger partial charge in [0.1, 0.15) is 11.9 Å². The number of hydrogen-bond donors (Lipinski definition) is 0. The number of hydrogen-bond acceptors (Lipinski definition) is 3. The zero-order chi connectivity index (χ0) is 14.8. The number of morpholine rings is 1. The Morgan fingerprint density at radius 2 is 2.14 bits per heavy atom. The minimum atomic E-state index is -0.273. The topological polar surface area (TPSA) is 29.5 Å². The van der Waals surface area contributed by atoms with E-state index in [1.54, 1.807) is 17.0 Å². The largest absolute Gasteiger partial charge is 0.370 e. The number of carbonyl (C=O) groups excluding carboxylic acids is 1. The second-order valence-electron chi connectivity index (χ2n) is 4.80. The maximum absolute atomic E-state index is 13.0. The van der Waals surface area contributed by atoms with Gasteiger partial charge >= 0.3 is 0 Å². The molecule has 21 heavy (non-hydrogen) atoms. The molecule has 1 fully saturated rings. The number of halogens is 2. The van der Waals surface area contributed by atoms with Crippen LogP contribution in [0.25, 0.3) is 0 Å². The van der Waals surface area contributed by atoms with Gasteiger partial charge in [-0.3, -0.25) is 4.79 Å². The highest BCUT2D eigenvalue weighted by Crippen LogP contribution is 2.26. The van der Waals surface area contributed by atoms with Crippen LogP contribution in [0.4, 0.5) is 4.39 Å². The van der Waals surface area contributed by atoms with Gasteiger partial charge in [-0.15, -0.1) is 11.3 Å². The smallest absolute Gasteiger partial charge is 0.254 e. The lowest BCUT2D eigenvalue weighted by molar-refractivity contribution is -0.0228. The van der Waals surface area contributed by atoms with E-state index in [0.717, 1.165) is 9.35 Å². The number of amides is 1. The van der Waals surface area contributed by atoms with Crippen molar-refractivity contribution in [2.75, 3.05) is 19.7 Å². The highest BCUT2D eigenvalue weighted by atomic mass is 79.9. The number of nitrogens with zero attached hydrogens (tertiary/aromatic N) is 1. The van der Waals surface area contributed by atoms with E-state index in [0.29, 0.717) is 25.3 Å². The Morgan fingerprint density at radius 1 is 1.38 bits per heavy atom. The second kappa shape index (κ2) is 6.25. The molecule has 110 valence electrons. The molecule has 1 aromatic carbocycles. The van der Waals surface area contributed by atoms with Gasteiger partial charge in [0.15, 0.2) is 0 Å². The molecule has 2 aromatic rings. The molecule has 6 heteroatoms. The van der Waals surface area contributed by atoms with Crippen LogP contribution in [0.3, 0.4) is 0 Å². The zero-order valence-corrected chi connectivity index (χ0v) is 13.5. The fraction of sp³-hybridized carbons (Fsp3) is 0.267. The Balaban J connectivity index is 1.73. The summed E-state index contributed by atoms with van der Waals surface area (Å²) in [6, 6.07) is 8.06. The Hall–Kier alpha value is -1.24. The molecule has 3 rings (SSSR count). The van der Waals surface area contributed by atoms with E-state index in [2.05, 4.69) is 15.9 Å². The molecule has 1 aliphatic heterocycles. The van der Waals surface area contributed by atoms with E-state index in [1.165, 1.54) is 23.5 Å². The molecule has 3 nitrogen and oxygen atoms in total. The molecule has 0 spiro atoms. The van der Waals surface area contributed by atoms with Gasteiger partial charge in [-0.25, -0.2) is 4.39 Å². The standard InChI is InChI=1S/C15H13BrFNO2S/c16-14-7-11(9-21-14)15(19)18-5-6-20-13(8-18)10-1-3-12(17)4-2-10/h1-4,7,9,13H,5-6,8H2. The van der Waals surface area contributed by atoms with Crippen molar-refractivity contribution >= 4 is 33.2 Å². The Bertz CT molecular complexity index is 643. The number of thiophene rings is 1. The Kier molecular flexibility index (Phi) is 4.37. The molecule has 1 amide bonds. The van der Waals surface area contributed by atoms with Gasteiger partial charge in [-0.05, 0) is 39.7 Å². The van der Waals surface area contributed by atoms with Crippen molar-refractivity contribution < 1.29 is 13.9 Å². The molecular formula is C15H13BrFNO2S. The molecule has 1 aromatic heterocycles. The summed E-state index contributed by atoms with van der Waals surface area (Å²) >= 11 is 4.86. The van der Waals surface area contributed by atoms with Gasteiger partial charge in [0.25, 0.3) is 5.91 Å². The third kappa shape index (κ3) is 3.33. The van der Waals surface area contributed by atoms with E-state index in [9.17, 15) is 9.18 Å². The van der Waals surface area contributed by atoms with Crippen molar-refractivity contribution in [1.29, 1.82) is 0 Å². The molecule has 0 aliphatic carbocycles. The number of rotatable bonds is 2. The summed E-state index contributed by atoms with van der Waals surface area (Å²) in [4.78, 5) is 14.2. The summed E-state index contributed by atoms with van der Waals surface area (Å²) in [5.74, 6) is -0.266. The van der Waals surface area contributed by atoms with E-state index < -0.39 is 0 Å². The Labute approximate surface area is 134 Å². The van der Waals surface area contributed by atoms with Crippen molar-refractivity contribution in [3.8, 4) is 0 Å². The minimum Gasteiger partial charge on any atom is -0.370 e. The molecule has 1 atom stereocenters. The van der Waals surface area contributed by atoms with Gasteiger partial charge in [0.2, 0.25) is 0 Å². The van der Waals surface area contributed by atoms with Crippen LogP contribution in [-0.4, -0.2) is 30.5 Å². The normalized spacial score (nSPS) is 18.8. The van der Waals surface area contributed by atoms with Gasteiger partial charge in [-0.2, -0.15) is 0 Å². The molecule has 2 heterocycles. The predicted octanol–water partition coefficient (Wildman–Crippen LogP) is 3.86. The highest BCUT2D eigenvalue weighted by molar-refractivity contribution is 9.11. The maximum Gasteiger partial charge on any atom is 0.254 e. The van der Waals surface area contributed by atoms with Crippen LogP contribution in [-0.2, 0) is 4.74 Å². The minimum absolute atomic E-state index is 0.00682. The van der Waals surface area contributed by atoms with E-state index in [-0.39, 0.29) is 17.8 Å². The first-order chi connectivity index (χ1) is 10.1. The van der Waals surface area contributed by atoms with Crippen molar-refractivity contribution in [3.63, 3.8) is 0 Å². The zero-order valence-electron chi connectivity index (χ0n) is 11.1. The fourth-order valence-corrected chi connectivity index (χ4v) is 3.45. The molecule has 0 saturated carbocycles. The number of carbonyl (C=O) groups is 1. The average Bonchev–Trinajstić information content (AvgIpc) is 2.94. The van der Waals surface area contributed by atoms with Gasteiger partial charge < -0.3 is 9.64 Å². The molecule has 1 saturated heterocycles. The first-order valence-electron chi connectivity index (χ1n) is 6.54. The molecule has 0 N–H and O–H groups in total. The molecular weight excluding hydrogens is 357 g/mol. The van der Waals surface area contributed by atoms with E-state index >= 15 is 0 Å². The third-order valence-electron chi connectivity index (χ3n) is 3.41. The SMILES string of the molecule is O=C(c1csc(Br)c1)N1CCOC(c2ccc(F)cc2)C1. The fourth-order valence-electron chi connectivity index (χ4n) is 2.32. The molecule has 1 unspecified atom stereocenters. The van der Waals surface area contributed by atoms with Crippen molar-refractivity contribution in [3.05, 3.63) is 56.4 Å². The van der Waals surface area contributed by atoms with Crippen LogP contribution >= 0.6 is 27.3 Å². The average molecular weight is 370 g/mol. The van der Waals surface area contributed by atoms with E-state index in [1.807, 2.05) is 11.4 Å². The summed E-state index contributed by atoms with van der Waals surface area (Å²) in [7, 11) is 0. The summed E-state index contributed by atoms with van der Waals surface area (Å²) in [6.07, 6.45) is -0.203. The van der Waals surface area contributed by atoms with Crippen molar-refractivity contribution in [1.82, 2.24) is 4.90 Å². The Morgan fingerprint density at radius 3 is 2.81 bits per heavy atom. The quantitative estimate of drug-likeness (QED) is 0.804. The second-order valence-corrected chi connectivity index (χ2v) is 7.09.